The Morgan fingerprint density at radius 1 is 1.16 bits per heavy atom. The third-order valence-electron chi connectivity index (χ3n) is 5.02. The van der Waals surface area contributed by atoms with Crippen LogP contribution in [-0.2, 0) is 17.9 Å². The smallest absolute Gasteiger partial charge is 0.367 e. The van der Waals surface area contributed by atoms with Crippen LogP contribution < -0.4 is 15.5 Å². The Hall–Kier alpha value is -2.08. The zero-order valence-electron chi connectivity index (χ0n) is 17.9. The number of benzene rings is 1. The minimum Gasteiger partial charge on any atom is -0.367 e. The Balaban J connectivity index is 0.00000363. The number of anilines is 1. The Morgan fingerprint density at radius 3 is 2.56 bits per heavy atom. The standard InChI is InChI=1S/C22H28F3N5O.HI/c1-26-21(29-19-8-11-30(12-9-19)20-7-2-3-10-27-20)28-14-17-5-4-6-18(13-17)15-31-16-22(23,24)25;/h2-7,10,13,19H,8-9,11-12,14-16H2,1H3,(H2,26,28,29);1H. The van der Waals surface area contributed by atoms with E-state index < -0.39 is 12.8 Å². The number of rotatable bonds is 7. The molecule has 0 aliphatic carbocycles. The van der Waals surface area contributed by atoms with Crippen molar-refractivity contribution < 1.29 is 17.9 Å². The second kappa shape index (κ2) is 12.8. The minimum absolute atomic E-state index is 0. The average molecular weight is 563 g/mol. The van der Waals surface area contributed by atoms with Crippen molar-refractivity contribution in [1.82, 2.24) is 15.6 Å². The molecule has 0 unspecified atom stereocenters. The van der Waals surface area contributed by atoms with Crippen LogP contribution in [0.25, 0.3) is 0 Å². The number of piperidine rings is 1. The highest BCUT2D eigenvalue weighted by Crippen LogP contribution is 2.18. The fraction of sp³-hybridized carbons (Fsp3) is 0.455. The summed E-state index contributed by atoms with van der Waals surface area (Å²) in [5.74, 6) is 1.71. The Bertz CT molecular complexity index is 843. The highest BCUT2D eigenvalue weighted by molar-refractivity contribution is 14.0. The molecular formula is C22H29F3IN5O. The van der Waals surface area contributed by atoms with Crippen LogP contribution in [-0.4, -0.2) is 49.9 Å². The summed E-state index contributed by atoms with van der Waals surface area (Å²) < 4.78 is 41.4. The maximum Gasteiger partial charge on any atom is 0.411 e. The molecule has 3 rings (SSSR count). The molecule has 0 saturated carbocycles. The van der Waals surface area contributed by atoms with E-state index in [4.69, 9.17) is 4.74 Å². The Morgan fingerprint density at radius 2 is 1.91 bits per heavy atom. The van der Waals surface area contributed by atoms with Crippen LogP contribution in [0.4, 0.5) is 19.0 Å². The summed E-state index contributed by atoms with van der Waals surface area (Å²) >= 11 is 0. The van der Waals surface area contributed by atoms with E-state index in [0.717, 1.165) is 37.3 Å². The van der Waals surface area contributed by atoms with Gasteiger partial charge in [-0.25, -0.2) is 4.98 Å². The van der Waals surface area contributed by atoms with E-state index in [2.05, 4.69) is 25.5 Å². The molecule has 2 N–H and O–H groups in total. The van der Waals surface area contributed by atoms with Gasteiger partial charge < -0.3 is 20.3 Å². The molecule has 0 atom stereocenters. The van der Waals surface area contributed by atoms with E-state index in [1.54, 1.807) is 13.1 Å². The highest BCUT2D eigenvalue weighted by atomic mass is 127. The van der Waals surface area contributed by atoms with E-state index in [0.29, 0.717) is 24.1 Å². The minimum atomic E-state index is -4.31. The first-order valence-corrected chi connectivity index (χ1v) is 10.3. The number of ether oxygens (including phenoxy) is 1. The number of alkyl halides is 3. The van der Waals surface area contributed by atoms with E-state index >= 15 is 0 Å². The second-order valence-electron chi connectivity index (χ2n) is 7.45. The van der Waals surface area contributed by atoms with Crippen molar-refractivity contribution in [3.05, 3.63) is 59.8 Å². The van der Waals surface area contributed by atoms with Crippen LogP contribution >= 0.6 is 24.0 Å². The van der Waals surface area contributed by atoms with Gasteiger partial charge in [-0.15, -0.1) is 24.0 Å². The molecule has 1 saturated heterocycles. The third kappa shape index (κ3) is 8.81. The van der Waals surface area contributed by atoms with E-state index in [-0.39, 0.29) is 30.6 Å². The van der Waals surface area contributed by atoms with Gasteiger partial charge in [-0.2, -0.15) is 13.2 Å². The lowest BCUT2D eigenvalue weighted by Gasteiger charge is -2.33. The van der Waals surface area contributed by atoms with Crippen molar-refractivity contribution in [1.29, 1.82) is 0 Å². The molecular weight excluding hydrogens is 534 g/mol. The summed E-state index contributed by atoms with van der Waals surface area (Å²) in [5.41, 5.74) is 1.65. The van der Waals surface area contributed by atoms with Gasteiger partial charge in [-0.05, 0) is 36.1 Å². The number of halogens is 4. The zero-order valence-corrected chi connectivity index (χ0v) is 20.3. The maximum atomic E-state index is 12.2. The van der Waals surface area contributed by atoms with Crippen LogP contribution in [0.1, 0.15) is 24.0 Å². The van der Waals surface area contributed by atoms with Crippen LogP contribution in [0.5, 0.6) is 0 Å². The predicted molar refractivity (Wildman–Crippen MR) is 130 cm³/mol. The molecule has 1 aliphatic heterocycles. The molecule has 0 spiro atoms. The lowest BCUT2D eigenvalue weighted by atomic mass is 10.1. The summed E-state index contributed by atoms with van der Waals surface area (Å²) in [6, 6.07) is 13.6. The van der Waals surface area contributed by atoms with Gasteiger partial charge in [0.05, 0.1) is 6.61 Å². The molecule has 2 heterocycles. The Kier molecular flexibility index (Phi) is 10.5. The first-order valence-electron chi connectivity index (χ1n) is 10.3. The van der Waals surface area contributed by atoms with Crippen LogP contribution in [0.3, 0.4) is 0 Å². The molecule has 0 amide bonds. The maximum absolute atomic E-state index is 12.2. The zero-order chi connectivity index (χ0) is 22.1. The van der Waals surface area contributed by atoms with Crippen molar-refractivity contribution in [3.8, 4) is 0 Å². The van der Waals surface area contributed by atoms with E-state index in [9.17, 15) is 13.2 Å². The third-order valence-corrected chi connectivity index (χ3v) is 5.02. The summed E-state index contributed by atoms with van der Waals surface area (Å²) in [6.45, 7) is 1.04. The molecule has 1 fully saturated rings. The summed E-state index contributed by atoms with van der Waals surface area (Å²) in [7, 11) is 1.72. The number of nitrogens with zero attached hydrogens (tertiary/aromatic N) is 3. The molecule has 1 aromatic carbocycles. The van der Waals surface area contributed by atoms with Gasteiger partial charge in [-0.1, -0.05) is 30.3 Å². The van der Waals surface area contributed by atoms with Gasteiger partial charge in [0.25, 0.3) is 0 Å². The number of pyridine rings is 1. The van der Waals surface area contributed by atoms with Crippen LogP contribution in [0.2, 0.25) is 0 Å². The summed E-state index contributed by atoms with van der Waals surface area (Å²) in [5, 5.41) is 6.73. The number of nitrogens with one attached hydrogen (secondary N) is 2. The molecule has 1 aliphatic rings. The van der Waals surface area contributed by atoms with Crippen molar-refractivity contribution in [2.45, 2.75) is 38.2 Å². The van der Waals surface area contributed by atoms with Gasteiger partial charge in [-0.3, -0.25) is 4.99 Å². The van der Waals surface area contributed by atoms with E-state index in [1.807, 2.05) is 42.6 Å². The van der Waals surface area contributed by atoms with Crippen molar-refractivity contribution in [2.24, 2.45) is 4.99 Å². The van der Waals surface area contributed by atoms with Gasteiger partial charge in [0, 0.05) is 38.9 Å². The molecule has 2 aromatic rings. The number of hydrogen-bond donors (Lipinski definition) is 2. The number of guanidine groups is 1. The first-order chi connectivity index (χ1) is 14.9. The number of aromatic nitrogens is 1. The topological polar surface area (TPSA) is 61.8 Å². The van der Waals surface area contributed by atoms with Crippen molar-refractivity contribution >= 4 is 35.8 Å². The fourth-order valence-corrected chi connectivity index (χ4v) is 3.48. The second-order valence-corrected chi connectivity index (χ2v) is 7.45. The molecule has 6 nitrogen and oxygen atoms in total. The Labute approximate surface area is 203 Å². The lowest BCUT2D eigenvalue weighted by Crippen LogP contribution is -2.48. The summed E-state index contributed by atoms with van der Waals surface area (Å²) in [6.07, 6.45) is -0.555. The highest BCUT2D eigenvalue weighted by Gasteiger charge is 2.27. The molecule has 32 heavy (non-hydrogen) atoms. The van der Waals surface area contributed by atoms with E-state index in [1.165, 1.54) is 0 Å². The lowest BCUT2D eigenvalue weighted by molar-refractivity contribution is -0.176. The molecule has 0 radical (unpaired) electrons. The van der Waals surface area contributed by atoms with Gasteiger partial charge in [0.1, 0.15) is 12.4 Å². The SMILES string of the molecule is CN=C(NCc1cccc(COCC(F)(F)F)c1)NC1CCN(c2ccccn2)CC1.I. The first kappa shape index (κ1) is 26.2. The molecule has 176 valence electrons. The van der Waals surface area contributed by atoms with Gasteiger partial charge >= 0.3 is 6.18 Å². The summed E-state index contributed by atoms with van der Waals surface area (Å²) in [4.78, 5) is 11.0. The predicted octanol–water partition coefficient (Wildman–Crippen LogP) is 4.11. The van der Waals surface area contributed by atoms with Crippen molar-refractivity contribution in [3.63, 3.8) is 0 Å². The molecule has 1 aromatic heterocycles. The molecule has 0 bridgehead atoms. The average Bonchev–Trinajstić information content (AvgIpc) is 2.77. The van der Waals surface area contributed by atoms with Crippen molar-refractivity contribution in [2.75, 3.05) is 31.6 Å². The van der Waals surface area contributed by atoms with Crippen LogP contribution in [0, 0.1) is 0 Å². The van der Waals surface area contributed by atoms with Gasteiger partial charge in [0.15, 0.2) is 5.96 Å². The normalized spacial score (nSPS) is 15.2. The monoisotopic (exact) mass is 563 g/mol. The van der Waals surface area contributed by atoms with Crippen LogP contribution in [0.15, 0.2) is 53.7 Å². The largest absolute Gasteiger partial charge is 0.411 e. The molecule has 10 heteroatoms. The quantitative estimate of drug-likeness (QED) is 0.302. The van der Waals surface area contributed by atoms with Gasteiger partial charge in [0.2, 0.25) is 0 Å². The number of aliphatic imine (C=N–C) groups is 1. The fourth-order valence-electron chi connectivity index (χ4n) is 3.48. The number of hydrogen-bond acceptors (Lipinski definition) is 4.